The highest BCUT2D eigenvalue weighted by Crippen LogP contribution is 2.38. The van der Waals surface area contributed by atoms with Crippen LogP contribution in [-0.2, 0) is 18.4 Å². The van der Waals surface area contributed by atoms with Crippen molar-refractivity contribution in [3.8, 4) is 0 Å². The van der Waals surface area contributed by atoms with Gasteiger partial charge in [-0.2, -0.15) is 5.10 Å². The van der Waals surface area contributed by atoms with Crippen LogP contribution < -0.4 is 0 Å². The van der Waals surface area contributed by atoms with E-state index in [4.69, 9.17) is 0 Å². The van der Waals surface area contributed by atoms with Crippen LogP contribution in [0.15, 0.2) is 42.6 Å². The summed E-state index contributed by atoms with van der Waals surface area (Å²) < 4.78 is 1.64. The molecule has 2 aliphatic heterocycles. The van der Waals surface area contributed by atoms with Crippen LogP contribution in [-0.4, -0.2) is 50.0 Å². The van der Waals surface area contributed by atoms with E-state index in [0.29, 0.717) is 31.7 Å². The van der Waals surface area contributed by atoms with Crippen molar-refractivity contribution in [3.63, 3.8) is 0 Å². The maximum atomic E-state index is 13.1. The Morgan fingerprint density at radius 2 is 2.00 bits per heavy atom. The number of amides is 2. The number of aryl methyl sites for hydroxylation is 1. The van der Waals surface area contributed by atoms with Crippen LogP contribution in [0.25, 0.3) is 0 Å². The van der Waals surface area contributed by atoms with Gasteiger partial charge in [-0.1, -0.05) is 30.3 Å². The fourth-order valence-electron chi connectivity index (χ4n) is 4.27. The van der Waals surface area contributed by atoms with Crippen LogP contribution >= 0.6 is 0 Å². The molecule has 1 spiro atoms. The first kappa shape index (κ1) is 16.8. The molecule has 2 saturated heterocycles. The van der Waals surface area contributed by atoms with Gasteiger partial charge in [0.05, 0.1) is 12.0 Å². The maximum absolute atomic E-state index is 13.1. The second-order valence-corrected chi connectivity index (χ2v) is 7.43. The van der Waals surface area contributed by atoms with Crippen molar-refractivity contribution in [2.24, 2.45) is 7.05 Å². The van der Waals surface area contributed by atoms with E-state index in [-0.39, 0.29) is 11.8 Å². The Morgan fingerprint density at radius 1 is 1.19 bits per heavy atom. The van der Waals surface area contributed by atoms with E-state index in [1.165, 1.54) is 0 Å². The van der Waals surface area contributed by atoms with Gasteiger partial charge >= 0.3 is 0 Å². The average molecular weight is 352 g/mol. The number of nitrogens with zero attached hydrogens (tertiary/aromatic N) is 4. The van der Waals surface area contributed by atoms with Gasteiger partial charge < -0.3 is 9.80 Å². The van der Waals surface area contributed by atoms with E-state index in [1.54, 1.807) is 16.9 Å². The molecule has 4 rings (SSSR count). The highest BCUT2D eigenvalue weighted by Gasteiger charge is 2.50. The molecule has 0 saturated carbocycles. The average Bonchev–Trinajstić information content (AvgIpc) is 3.20. The van der Waals surface area contributed by atoms with E-state index in [1.807, 2.05) is 47.2 Å². The molecule has 2 fully saturated rings. The molecule has 6 heteroatoms. The summed E-state index contributed by atoms with van der Waals surface area (Å²) in [5.41, 5.74) is 1.19. The highest BCUT2D eigenvalue weighted by molar-refractivity contribution is 5.94. The largest absolute Gasteiger partial charge is 0.336 e. The summed E-state index contributed by atoms with van der Waals surface area (Å²) in [5, 5.41) is 4.27. The Morgan fingerprint density at radius 3 is 2.73 bits per heavy atom. The van der Waals surface area contributed by atoms with E-state index in [0.717, 1.165) is 24.8 Å². The monoisotopic (exact) mass is 352 g/mol. The molecule has 2 amide bonds. The zero-order chi connectivity index (χ0) is 18.1. The SMILES string of the molecule is Cn1ccc(C(=O)N2CCCC[C@]23CC(=O)N(Cc2ccccc2)C3)n1. The quantitative estimate of drug-likeness (QED) is 0.851. The third-order valence-corrected chi connectivity index (χ3v) is 5.56. The number of likely N-dealkylation sites (tertiary alicyclic amines) is 2. The second-order valence-electron chi connectivity index (χ2n) is 7.43. The Balaban J connectivity index is 1.57. The molecule has 1 atom stereocenters. The first-order valence-corrected chi connectivity index (χ1v) is 9.21. The molecule has 3 heterocycles. The zero-order valence-corrected chi connectivity index (χ0v) is 15.1. The number of hydrogen-bond acceptors (Lipinski definition) is 3. The van der Waals surface area contributed by atoms with Gasteiger partial charge in [0.25, 0.3) is 5.91 Å². The molecule has 0 N–H and O–H groups in total. The summed E-state index contributed by atoms with van der Waals surface area (Å²) in [6.45, 7) is 1.91. The molecule has 6 nitrogen and oxygen atoms in total. The molecule has 0 unspecified atom stereocenters. The molecule has 0 bridgehead atoms. The first-order chi connectivity index (χ1) is 12.6. The molecule has 0 radical (unpaired) electrons. The van der Waals surface area contributed by atoms with Gasteiger partial charge in [-0.05, 0) is 30.9 Å². The van der Waals surface area contributed by atoms with Crippen LogP contribution in [0.4, 0.5) is 0 Å². The van der Waals surface area contributed by atoms with Gasteiger partial charge in [0, 0.05) is 32.9 Å². The van der Waals surface area contributed by atoms with Crippen molar-refractivity contribution >= 4 is 11.8 Å². The minimum Gasteiger partial charge on any atom is -0.336 e. The van der Waals surface area contributed by atoms with Crippen LogP contribution in [0.2, 0.25) is 0 Å². The molecular formula is C20H24N4O2. The van der Waals surface area contributed by atoms with Crippen molar-refractivity contribution in [1.29, 1.82) is 0 Å². The number of benzene rings is 1. The summed E-state index contributed by atoms with van der Waals surface area (Å²) in [6, 6.07) is 11.8. The highest BCUT2D eigenvalue weighted by atomic mass is 16.2. The lowest BCUT2D eigenvalue weighted by Gasteiger charge is -2.44. The summed E-state index contributed by atoms with van der Waals surface area (Å²) in [4.78, 5) is 29.6. The number of carbonyl (C=O) groups excluding carboxylic acids is 2. The predicted molar refractivity (Wildman–Crippen MR) is 97.3 cm³/mol. The molecule has 26 heavy (non-hydrogen) atoms. The zero-order valence-electron chi connectivity index (χ0n) is 15.1. The maximum Gasteiger partial charge on any atom is 0.274 e. The fourth-order valence-corrected chi connectivity index (χ4v) is 4.27. The topological polar surface area (TPSA) is 58.4 Å². The Hall–Kier alpha value is -2.63. The molecule has 136 valence electrons. The summed E-state index contributed by atoms with van der Waals surface area (Å²) in [6.07, 6.45) is 5.11. The van der Waals surface area contributed by atoms with E-state index in [9.17, 15) is 9.59 Å². The molecule has 1 aromatic carbocycles. The van der Waals surface area contributed by atoms with Gasteiger partial charge in [0.2, 0.25) is 5.91 Å². The number of rotatable bonds is 3. The molecule has 1 aromatic heterocycles. The number of aromatic nitrogens is 2. The standard InChI is InChI=1S/C20H24N4O2/c1-22-12-9-17(21-22)19(26)24-11-6-5-10-20(24)13-18(25)23(15-20)14-16-7-3-2-4-8-16/h2-4,7-9,12H,5-6,10-11,13-15H2,1H3/t20-/m1/s1. The lowest BCUT2D eigenvalue weighted by atomic mass is 9.85. The fraction of sp³-hybridized carbons (Fsp3) is 0.450. The molecule has 2 aromatic rings. The summed E-state index contributed by atoms with van der Waals surface area (Å²) in [5.74, 6) is 0.0780. The normalized spacial score (nSPS) is 23.0. The number of piperidine rings is 1. The molecule has 2 aliphatic rings. The number of carbonyl (C=O) groups is 2. The van der Waals surface area contributed by atoms with Crippen molar-refractivity contribution in [2.45, 2.75) is 37.8 Å². The lowest BCUT2D eigenvalue weighted by molar-refractivity contribution is -0.128. The Kier molecular flexibility index (Phi) is 4.26. The Labute approximate surface area is 153 Å². The van der Waals surface area contributed by atoms with Crippen LogP contribution in [0.5, 0.6) is 0 Å². The van der Waals surface area contributed by atoms with Gasteiger partial charge in [-0.3, -0.25) is 14.3 Å². The van der Waals surface area contributed by atoms with Crippen molar-refractivity contribution in [3.05, 3.63) is 53.9 Å². The van der Waals surface area contributed by atoms with Crippen LogP contribution in [0, 0.1) is 0 Å². The minimum atomic E-state index is -0.390. The van der Waals surface area contributed by atoms with Gasteiger partial charge in [0.15, 0.2) is 0 Å². The van der Waals surface area contributed by atoms with Crippen LogP contribution in [0.1, 0.15) is 41.7 Å². The smallest absolute Gasteiger partial charge is 0.274 e. The Bertz CT molecular complexity index is 816. The second kappa shape index (κ2) is 6.59. The van der Waals surface area contributed by atoms with E-state index >= 15 is 0 Å². The molecular weight excluding hydrogens is 328 g/mol. The van der Waals surface area contributed by atoms with E-state index in [2.05, 4.69) is 5.10 Å². The lowest BCUT2D eigenvalue weighted by Crippen LogP contribution is -2.56. The molecule has 0 aliphatic carbocycles. The third-order valence-electron chi connectivity index (χ3n) is 5.56. The van der Waals surface area contributed by atoms with Crippen molar-refractivity contribution in [1.82, 2.24) is 19.6 Å². The third kappa shape index (κ3) is 3.00. The number of hydrogen-bond donors (Lipinski definition) is 0. The van der Waals surface area contributed by atoms with Crippen molar-refractivity contribution in [2.75, 3.05) is 13.1 Å². The summed E-state index contributed by atoms with van der Waals surface area (Å²) >= 11 is 0. The minimum absolute atomic E-state index is 0.0559. The van der Waals surface area contributed by atoms with Gasteiger partial charge in [-0.15, -0.1) is 0 Å². The summed E-state index contributed by atoms with van der Waals surface area (Å²) in [7, 11) is 1.81. The van der Waals surface area contributed by atoms with Gasteiger partial charge in [-0.25, -0.2) is 0 Å². The first-order valence-electron chi connectivity index (χ1n) is 9.21. The van der Waals surface area contributed by atoms with Crippen LogP contribution in [0.3, 0.4) is 0 Å². The van der Waals surface area contributed by atoms with Gasteiger partial charge in [0.1, 0.15) is 5.69 Å². The van der Waals surface area contributed by atoms with E-state index < -0.39 is 5.54 Å². The van der Waals surface area contributed by atoms with Crippen molar-refractivity contribution < 1.29 is 9.59 Å². The predicted octanol–water partition coefficient (Wildman–Crippen LogP) is 2.22.